The molecular weight excluding hydrogens is 356 g/mol. The maximum Gasteiger partial charge on any atom is 0.230 e. The van der Waals surface area contributed by atoms with Gasteiger partial charge in [-0.2, -0.15) is 5.10 Å². The van der Waals surface area contributed by atoms with Crippen LogP contribution in [-0.2, 0) is 23.7 Å². The first-order valence-electron chi connectivity index (χ1n) is 10.2. The van der Waals surface area contributed by atoms with E-state index in [2.05, 4.69) is 15.8 Å². The molecule has 0 radical (unpaired) electrons. The lowest BCUT2D eigenvalue weighted by Gasteiger charge is -2.56. The van der Waals surface area contributed by atoms with E-state index in [9.17, 15) is 4.79 Å². The van der Waals surface area contributed by atoms with E-state index in [0.29, 0.717) is 11.8 Å². The van der Waals surface area contributed by atoms with Gasteiger partial charge in [-0.05, 0) is 70.1 Å². The van der Waals surface area contributed by atoms with Crippen molar-refractivity contribution >= 4 is 22.4 Å². The van der Waals surface area contributed by atoms with E-state index in [1.165, 1.54) is 44.2 Å². The highest BCUT2D eigenvalue weighted by Gasteiger charge is 2.52. The summed E-state index contributed by atoms with van der Waals surface area (Å²) in [6, 6.07) is 0. The highest BCUT2D eigenvalue weighted by Crippen LogP contribution is 2.60. The molecule has 0 atom stereocenters. The number of anilines is 1. The molecule has 0 aliphatic heterocycles. The molecule has 144 valence electrons. The summed E-state index contributed by atoms with van der Waals surface area (Å²) >= 11 is 1.59. The summed E-state index contributed by atoms with van der Waals surface area (Å²) in [5, 5.41) is 10.4. The predicted octanol–water partition coefficient (Wildman–Crippen LogP) is 4.14. The number of nitrogens with one attached hydrogen (secondary N) is 1. The van der Waals surface area contributed by atoms with Crippen LogP contribution in [0.25, 0.3) is 0 Å². The van der Waals surface area contributed by atoms with Gasteiger partial charge in [0.15, 0.2) is 5.13 Å². The first kappa shape index (κ1) is 17.4. The Kier molecular flexibility index (Phi) is 3.97. The second-order valence-electron chi connectivity index (χ2n) is 9.23. The van der Waals surface area contributed by atoms with Crippen LogP contribution >= 0.6 is 11.3 Å². The number of hydrogen-bond acceptors (Lipinski definition) is 4. The molecule has 1 N–H and O–H groups in total. The Balaban J connectivity index is 1.31. The molecule has 0 aromatic carbocycles. The topological polar surface area (TPSA) is 59.8 Å². The Morgan fingerprint density at radius 1 is 1.22 bits per heavy atom. The van der Waals surface area contributed by atoms with Crippen LogP contribution < -0.4 is 5.32 Å². The van der Waals surface area contributed by atoms with Crippen molar-refractivity contribution in [3.8, 4) is 0 Å². The van der Waals surface area contributed by atoms with Crippen molar-refractivity contribution in [3.63, 3.8) is 0 Å². The average Bonchev–Trinajstić information content (AvgIpc) is 3.15. The van der Waals surface area contributed by atoms with Gasteiger partial charge in [-0.1, -0.05) is 0 Å². The van der Waals surface area contributed by atoms with E-state index in [1.54, 1.807) is 11.3 Å². The van der Waals surface area contributed by atoms with Crippen LogP contribution in [0.15, 0.2) is 5.38 Å². The Labute approximate surface area is 164 Å². The zero-order valence-corrected chi connectivity index (χ0v) is 17.2. The molecule has 2 heterocycles. The number of amides is 1. The number of nitrogens with zero attached hydrogens (tertiary/aromatic N) is 3. The zero-order valence-electron chi connectivity index (χ0n) is 16.4. The molecule has 0 saturated heterocycles. The first-order valence-corrected chi connectivity index (χ1v) is 11.0. The lowest BCUT2D eigenvalue weighted by molar-refractivity contribution is -0.115. The van der Waals surface area contributed by atoms with Crippen LogP contribution in [0.4, 0.5) is 5.13 Å². The van der Waals surface area contributed by atoms with Crippen molar-refractivity contribution < 1.29 is 4.79 Å². The zero-order chi connectivity index (χ0) is 18.8. The van der Waals surface area contributed by atoms with E-state index in [-0.39, 0.29) is 5.91 Å². The molecule has 4 fully saturated rings. The summed E-state index contributed by atoms with van der Waals surface area (Å²) in [6.45, 7) is 3.97. The number of thiazole rings is 1. The second-order valence-corrected chi connectivity index (χ2v) is 10.1. The molecular formula is C21H28N4OS. The molecule has 6 heteroatoms. The fourth-order valence-corrected chi connectivity index (χ4v) is 7.25. The smallest absolute Gasteiger partial charge is 0.230 e. The number of carbonyl (C=O) groups excluding carboxylic acids is 1. The Morgan fingerprint density at radius 2 is 1.85 bits per heavy atom. The third kappa shape index (κ3) is 2.93. The minimum absolute atomic E-state index is 0.000567. The van der Waals surface area contributed by atoms with Crippen LogP contribution in [0.5, 0.6) is 0 Å². The lowest BCUT2D eigenvalue weighted by atomic mass is 9.49. The van der Waals surface area contributed by atoms with Crippen molar-refractivity contribution in [1.29, 1.82) is 0 Å². The minimum Gasteiger partial charge on any atom is -0.302 e. The number of rotatable bonds is 4. The fourth-order valence-electron chi connectivity index (χ4n) is 6.40. The monoisotopic (exact) mass is 384 g/mol. The van der Waals surface area contributed by atoms with Gasteiger partial charge in [0, 0.05) is 29.1 Å². The van der Waals surface area contributed by atoms with Crippen LogP contribution in [0.2, 0.25) is 0 Å². The van der Waals surface area contributed by atoms with Gasteiger partial charge in [0.2, 0.25) is 5.91 Å². The highest BCUT2D eigenvalue weighted by molar-refractivity contribution is 7.13. The molecule has 2 aromatic rings. The Hall–Kier alpha value is -1.69. The first-order chi connectivity index (χ1) is 12.9. The molecule has 5 nitrogen and oxygen atoms in total. The summed E-state index contributed by atoms with van der Waals surface area (Å²) in [6.07, 6.45) is 8.61. The average molecular weight is 385 g/mol. The van der Waals surface area contributed by atoms with Gasteiger partial charge in [-0.3, -0.25) is 9.48 Å². The van der Waals surface area contributed by atoms with Gasteiger partial charge >= 0.3 is 0 Å². The van der Waals surface area contributed by atoms with Crippen molar-refractivity contribution in [2.24, 2.45) is 24.8 Å². The Bertz CT molecular complexity index is 861. The molecule has 27 heavy (non-hydrogen) atoms. The molecule has 1 amide bonds. The molecule has 4 bridgehead atoms. The van der Waals surface area contributed by atoms with Gasteiger partial charge in [0.1, 0.15) is 0 Å². The van der Waals surface area contributed by atoms with E-state index >= 15 is 0 Å². The Morgan fingerprint density at radius 3 is 2.41 bits per heavy atom. The van der Waals surface area contributed by atoms with Gasteiger partial charge in [0.25, 0.3) is 0 Å². The van der Waals surface area contributed by atoms with E-state index in [4.69, 9.17) is 4.98 Å². The van der Waals surface area contributed by atoms with Crippen LogP contribution in [0.3, 0.4) is 0 Å². The number of aryl methyl sites for hydroxylation is 2. The predicted molar refractivity (Wildman–Crippen MR) is 107 cm³/mol. The van der Waals surface area contributed by atoms with Crippen molar-refractivity contribution in [1.82, 2.24) is 14.8 Å². The lowest BCUT2D eigenvalue weighted by Crippen LogP contribution is -2.48. The second kappa shape index (κ2) is 6.16. The molecule has 2 aromatic heterocycles. The molecule has 4 aliphatic carbocycles. The van der Waals surface area contributed by atoms with Crippen molar-refractivity contribution in [3.05, 3.63) is 28.0 Å². The van der Waals surface area contributed by atoms with Crippen LogP contribution in [0.1, 0.15) is 61.2 Å². The minimum atomic E-state index is 0.000567. The largest absolute Gasteiger partial charge is 0.302 e. The normalized spacial score (nSPS) is 31.4. The summed E-state index contributed by atoms with van der Waals surface area (Å²) < 4.78 is 1.84. The molecule has 0 spiro atoms. The number of aromatic nitrogens is 3. The van der Waals surface area contributed by atoms with Crippen LogP contribution in [-0.4, -0.2) is 20.7 Å². The summed E-state index contributed by atoms with van der Waals surface area (Å²) in [7, 11) is 1.92. The highest BCUT2D eigenvalue weighted by atomic mass is 32.1. The van der Waals surface area contributed by atoms with E-state index < -0.39 is 0 Å². The van der Waals surface area contributed by atoms with Crippen molar-refractivity contribution in [2.45, 2.75) is 64.2 Å². The van der Waals surface area contributed by atoms with Gasteiger partial charge in [-0.15, -0.1) is 11.3 Å². The number of carbonyl (C=O) groups is 1. The third-order valence-electron chi connectivity index (χ3n) is 7.33. The fraction of sp³-hybridized carbons (Fsp3) is 0.667. The maximum absolute atomic E-state index is 12.6. The summed E-state index contributed by atoms with van der Waals surface area (Å²) in [5.74, 6) is 2.73. The quantitative estimate of drug-likeness (QED) is 0.862. The van der Waals surface area contributed by atoms with E-state index in [1.807, 2.05) is 25.6 Å². The molecule has 0 unspecified atom stereocenters. The van der Waals surface area contributed by atoms with Gasteiger partial charge in [-0.25, -0.2) is 4.98 Å². The molecule has 4 saturated carbocycles. The molecule has 6 rings (SSSR count). The van der Waals surface area contributed by atoms with Crippen molar-refractivity contribution in [2.75, 3.05) is 5.32 Å². The van der Waals surface area contributed by atoms with Gasteiger partial charge in [0.05, 0.1) is 17.8 Å². The number of hydrogen-bond donors (Lipinski definition) is 1. The SMILES string of the molecule is Cc1nn(C)c(C)c1CC(=O)Nc1nc(C23CC4CC(CC(C4)C2)C3)cs1. The summed E-state index contributed by atoms with van der Waals surface area (Å²) in [4.78, 5) is 17.5. The maximum atomic E-state index is 12.6. The summed E-state index contributed by atoms with van der Waals surface area (Å²) in [5.41, 5.74) is 4.54. The third-order valence-corrected chi connectivity index (χ3v) is 8.09. The van der Waals surface area contributed by atoms with Crippen LogP contribution in [0, 0.1) is 31.6 Å². The molecule has 4 aliphatic rings. The standard InChI is InChI=1S/C21H28N4OS/c1-12-17(13(2)25(3)24-12)7-19(26)23-20-22-18(11-27-20)21-8-14-4-15(9-21)6-16(5-14)10-21/h11,14-16H,4-10H2,1-3H3,(H,22,23,26). The van der Waals surface area contributed by atoms with E-state index in [0.717, 1.165) is 39.8 Å². The van der Waals surface area contributed by atoms with Gasteiger partial charge < -0.3 is 5.32 Å².